The smallest absolute Gasteiger partial charge is 0.325 e. The molecule has 0 saturated heterocycles. The molecule has 2 N–H and O–H groups in total. The van der Waals surface area contributed by atoms with Crippen LogP contribution in [0.4, 0.5) is 0 Å². The first-order valence-corrected chi connectivity index (χ1v) is 6.19. The van der Waals surface area contributed by atoms with Crippen LogP contribution in [0.5, 0.6) is 0 Å². The van der Waals surface area contributed by atoms with Gasteiger partial charge in [0.1, 0.15) is 11.3 Å². The highest BCUT2D eigenvalue weighted by atomic mass is 32.2. The summed E-state index contributed by atoms with van der Waals surface area (Å²) in [7, 11) is 1.35. The number of ether oxygens (including phenoxy) is 1. The molecule has 0 aliphatic heterocycles. The molecule has 0 saturated carbocycles. The minimum atomic E-state index is -0.898. The predicted molar refractivity (Wildman–Crippen MR) is 64.1 cm³/mol. The zero-order valence-electron chi connectivity index (χ0n) is 9.56. The monoisotopic (exact) mass is 243 g/mol. The van der Waals surface area contributed by atoms with Gasteiger partial charge in [-0.25, -0.2) is 0 Å². The zero-order valence-corrected chi connectivity index (χ0v) is 10.4. The van der Waals surface area contributed by atoms with Crippen LogP contribution in [0.15, 0.2) is 22.8 Å². The number of thioether (sulfide) groups is 1. The molecule has 0 spiro atoms. The van der Waals surface area contributed by atoms with Gasteiger partial charge in [-0.05, 0) is 31.2 Å². The molecule has 0 fully saturated rings. The van der Waals surface area contributed by atoms with Crippen LogP contribution in [0.2, 0.25) is 0 Å². The summed E-state index contributed by atoms with van der Waals surface area (Å²) in [6, 6.07) is 3.78. The molecular formula is C11H17NO3S. The second-order valence-corrected chi connectivity index (χ2v) is 4.90. The molecule has 1 unspecified atom stereocenters. The van der Waals surface area contributed by atoms with E-state index < -0.39 is 5.54 Å². The van der Waals surface area contributed by atoms with Crippen molar-refractivity contribution in [2.75, 3.05) is 12.9 Å². The summed E-state index contributed by atoms with van der Waals surface area (Å²) in [6.07, 6.45) is 2.24. The minimum Gasteiger partial charge on any atom is -0.468 e. The number of nitrogens with two attached hydrogens (primary N) is 1. The molecule has 90 valence electrons. The van der Waals surface area contributed by atoms with Crippen LogP contribution in [0.1, 0.15) is 19.1 Å². The van der Waals surface area contributed by atoms with E-state index in [1.54, 1.807) is 24.9 Å². The Labute approximate surface area is 99.5 Å². The van der Waals surface area contributed by atoms with Gasteiger partial charge in [0.2, 0.25) is 0 Å². The van der Waals surface area contributed by atoms with Gasteiger partial charge in [0, 0.05) is 0 Å². The lowest BCUT2D eigenvalue weighted by Crippen LogP contribution is -2.46. The third-order valence-electron chi connectivity index (χ3n) is 2.24. The third kappa shape index (κ3) is 3.90. The van der Waals surface area contributed by atoms with Crippen LogP contribution in [0.3, 0.4) is 0 Å². The largest absolute Gasteiger partial charge is 0.468 e. The van der Waals surface area contributed by atoms with E-state index in [1.807, 2.05) is 12.1 Å². The number of carbonyl (C=O) groups excluding carboxylic acids is 1. The lowest BCUT2D eigenvalue weighted by molar-refractivity contribution is -0.146. The molecule has 0 bridgehead atoms. The van der Waals surface area contributed by atoms with Gasteiger partial charge >= 0.3 is 5.97 Å². The molecule has 1 aromatic heterocycles. The fourth-order valence-electron chi connectivity index (χ4n) is 1.19. The van der Waals surface area contributed by atoms with E-state index in [0.717, 1.165) is 17.3 Å². The molecule has 1 rings (SSSR count). The lowest BCUT2D eigenvalue weighted by atomic mass is 10.0. The quantitative estimate of drug-likeness (QED) is 0.609. The van der Waals surface area contributed by atoms with Crippen molar-refractivity contribution in [1.29, 1.82) is 0 Å². The Kier molecular flexibility index (Phi) is 4.89. The van der Waals surface area contributed by atoms with Gasteiger partial charge in [-0.15, -0.1) is 0 Å². The molecule has 16 heavy (non-hydrogen) atoms. The van der Waals surface area contributed by atoms with Gasteiger partial charge in [-0.1, -0.05) is 0 Å². The number of esters is 1. The van der Waals surface area contributed by atoms with E-state index in [-0.39, 0.29) is 5.97 Å². The van der Waals surface area contributed by atoms with Crippen LogP contribution in [-0.4, -0.2) is 24.4 Å². The van der Waals surface area contributed by atoms with Gasteiger partial charge in [0.25, 0.3) is 0 Å². The average Bonchev–Trinajstić information content (AvgIpc) is 2.76. The number of hydrogen-bond acceptors (Lipinski definition) is 5. The zero-order chi connectivity index (χ0) is 12.0. The predicted octanol–water partition coefficient (Wildman–Crippen LogP) is 1.79. The molecule has 0 radical (unpaired) electrons. The fraction of sp³-hybridized carbons (Fsp3) is 0.545. The van der Waals surface area contributed by atoms with E-state index in [2.05, 4.69) is 4.74 Å². The Hall–Kier alpha value is -0.940. The van der Waals surface area contributed by atoms with E-state index in [1.165, 1.54) is 7.11 Å². The molecule has 4 nitrogen and oxygen atoms in total. The summed E-state index contributed by atoms with van der Waals surface area (Å²) in [6.45, 7) is 1.69. The Morgan fingerprint density at radius 1 is 1.69 bits per heavy atom. The topological polar surface area (TPSA) is 65.5 Å². The van der Waals surface area contributed by atoms with Crippen molar-refractivity contribution >= 4 is 17.7 Å². The fourth-order valence-corrected chi connectivity index (χ4v) is 2.27. The number of methoxy groups -OCH3 is 1. The molecule has 0 amide bonds. The Balaban J connectivity index is 2.22. The van der Waals surface area contributed by atoms with Gasteiger partial charge in [0.05, 0.1) is 19.1 Å². The van der Waals surface area contributed by atoms with Crippen molar-refractivity contribution in [3.63, 3.8) is 0 Å². The van der Waals surface area contributed by atoms with Crippen LogP contribution < -0.4 is 5.73 Å². The first kappa shape index (κ1) is 13.1. The Morgan fingerprint density at radius 3 is 3.00 bits per heavy atom. The van der Waals surface area contributed by atoms with E-state index in [9.17, 15) is 4.79 Å². The maximum absolute atomic E-state index is 11.3. The third-order valence-corrected chi connectivity index (χ3v) is 3.22. The van der Waals surface area contributed by atoms with Crippen molar-refractivity contribution in [2.45, 2.75) is 24.6 Å². The van der Waals surface area contributed by atoms with Crippen molar-refractivity contribution in [1.82, 2.24) is 0 Å². The normalized spacial score (nSPS) is 14.4. The highest BCUT2D eigenvalue weighted by Gasteiger charge is 2.28. The second kappa shape index (κ2) is 5.96. The SMILES string of the molecule is COC(=O)C(C)(N)CCSCc1ccco1. The summed E-state index contributed by atoms with van der Waals surface area (Å²) in [5.74, 6) is 2.15. The summed E-state index contributed by atoms with van der Waals surface area (Å²) in [5, 5.41) is 0. The van der Waals surface area contributed by atoms with Crippen molar-refractivity contribution in [3.8, 4) is 0 Å². The number of furan rings is 1. The van der Waals surface area contributed by atoms with Crippen LogP contribution in [-0.2, 0) is 15.3 Å². The van der Waals surface area contributed by atoms with Gasteiger partial charge < -0.3 is 14.9 Å². The van der Waals surface area contributed by atoms with Crippen molar-refractivity contribution in [3.05, 3.63) is 24.2 Å². The Bertz CT molecular complexity index is 322. The molecule has 1 aromatic rings. The maximum atomic E-state index is 11.3. The van der Waals surface area contributed by atoms with Gasteiger partial charge in [-0.3, -0.25) is 4.79 Å². The standard InChI is InChI=1S/C11H17NO3S/c1-11(12,10(13)14-2)5-7-16-8-9-4-3-6-15-9/h3-4,6H,5,7-8,12H2,1-2H3. The van der Waals surface area contributed by atoms with Crippen molar-refractivity contribution < 1.29 is 13.9 Å². The molecule has 0 aliphatic rings. The van der Waals surface area contributed by atoms with Crippen LogP contribution in [0.25, 0.3) is 0 Å². The molecule has 1 heterocycles. The van der Waals surface area contributed by atoms with Gasteiger partial charge in [-0.2, -0.15) is 11.8 Å². The number of hydrogen-bond donors (Lipinski definition) is 1. The summed E-state index contributed by atoms with van der Waals surface area (Å²) < 4.78 is 9.82. The average molecular weight is 243 g/mol. The molecule has 0 aliphatic carbocycles. The van der Waals surface area contributed by atoms with E-state index in [4.69, 9.17) is 10.2 Å². The summed E-state index contributed by atoms with van der Waals surface area (Å²) >= 11 is 1.68. The van der Waals surface area contributed by atoms with Crippen LogP contribution in [0, 0.1) is 0 Å². The van der Waals surface area contributed by atoms with E-state index in [0.29, 0.717) is 6.42 Å². The minimum absolute atomic E-state index is 0.369. The van der Waals surface area contributed by atoms with Gasteiger partial charge in [0.15, 0.2) is 0 Å². The first-order valence-electron chi connectivity index (χ1n) is 5.03. The second-order valence-electron chi connectivity index (χ2n) is 3.79. The summed E-state index contributed by atoms with van der Waals surface area (Å²) in [5.41, 5.74) is 4.92. The number of carbonyl (C=O) groups is 1. The highest BCUT2D eigenvalue weighted by molar-refractivity contribution is 7.98. The van der Waals surface area contributed by atoms with Crippen molar-refractivity contribution in [2.24, 2.45) is 5.73 Å². The van der Waals surface area contributed by atoms with Crippen LogP contribution >= 0.6 is 11.8 Å². The molecular weight excluding hydrogens is 226 g/mol. The van der Waals surface area contributed by atoms with E-state index >= 15 is 0 Å². The molecule has 5 heteroatoms. The highest BCUT2D eigenvalue weighted by Crippen LogP contribution is 2.17. The molecule has 1 atom stereocenters. The Morgan fingerprint density at radius 2 is 2.44 bits per heavy atom. The number of rotatable bonds is 6. The first-order chi connectivity index (χ1) is 7.56. The maximum Gasteiger partial charge on any atom is 0.325 e. The summed E-state index contributed by atoms with van der Waals surface area (Å²) in [4.78, 5) is 11.3. The lowest BCUT2D eigenvalue weighted by Gasteiger charge is -2.20. The molecule has 0 aromatic carbocycles.